The first-order chi connectivity index (χ1) is 7.33. The van der Waals surface area contributed by atoms with Gasteiger partial charge in [-0.15, -0.1) is 0 Å². The van der Waals surface area contributed by atoms with E-state index in [0.717, 1.165) is 32.2 Å². The van der Waals surface area contributed by atoms with Crippen LogP contribution in [0, 0.1) is 0 Å². The summed E-state index contributed by atoms with van der Waals surface area (Å²) in [7, 11) is 0. The average Bonchev–Trinajstić information content (AvgIpc) is 2.69. The standard InChI is InChI=1S/C12H17NO2/c14-9-2-1-8-13-11-5-3-4-10(11)6-7-12(13)15/h6-7,14H,1-5,8-9H2. The van der Waals surface area contributed by atoms with Gasteiger partial charge in [-0.25, -0.2) is 0 Å². The highest BCUT2D eigenvalue weighted by molar-refractivity contribution is 5.25. The molecule has 0 atom stereocenters. The van der Waals surface area contributed by atoms with Crippen LogP contribution in [-0.4, -0.2) is 16.3 Å². The van der Waals surface area contributed by atoms with Crippen molar-refractivity contribution in [3.63, 3.8) is 0 Å². The second kappa shape index (κ2) is 4.62. The first kappa shape index (κ1) is 10.4. The maximum Gasteiger partial charge on any atom is 0.250 e. The maximum atomic E-state index is 11.7. The van der Waals surface area contributed by atoms with E-state index in [1.807, 2.05) is 10.6 Å². The topological polar surface area (TPSA) is 42.2 Å². The van der Waals surface area contributed by atoms with Crippen molar-refractivity contribution in [2.45, 2.75) is 38.6 Å². The number of fused-ring (bicyclic) bond motifs is 1. The van der Waals surface area contributed by atoms with Crippen LogP contribution in [0.25, 0.3) is 0 Å². The van der Waals surface area contributed by atoms with E-state index in [1.165, 1.54) is 17.7 Å². The Labute approximate surface area is 89.4 Å². The first-order valence-corrected chi connectivity index (χ1v) is 5.65. The molecule has 0 fully saturated rings. The van der Waals surface area contributed by atoms with Crippen molar-refractivity contribution in [3.05, 3.63) is 33.7 Å². The monoisotopic (exact) mass is 207 g/mol. The number of aryl methyl sites for hydroxylation is 1. The fourth-order valence-electron chi connectivity index (χ4n) is 2.26. The molecular formula is C12H17NO2. The van der Waals surface area contributed by atoms with Crippen LogP contribution in [0.5, 0.6) is 0 Å². The van der Waals surface area contributed by atoms with Gasteiger partial charge < -0.3 is 9.67 Å². The zero-order valence-corrected chi connectivity index (χ0v) is 8.91. The quantitative estimate of drug-likeness (QED) is 0.751. The summed E-state index contributed by atoms with van der Waals surface area (Å²) in [4.78, 5) is 11.7. The zero-order chi connectivity index (χ0) is 10.7. The predicted octanol–water partition coefficient (Wildman–Crippen LogP) is 1.11. The minimum atomic E-state index is 0.105. The summed E-state index contributed by atoms with van der Waals surface area (Å²) in [5, 5.41) is 8.72. The lowest BCUT2D eigenvalue weighted by Crippen LogP contribution is -2.22. The second-order valence-electron chi connectivity index (χ2n) is 4.08. The molecule has 15 heavy (non-hydrogen) atoms. The van der Waals surface area contributed by atoms with Crippen LogP contribution >= 0.6 is 0 Å². The Morgan fingerprint density at radius 1 is 1.27 bits per heavy atom. The Morgan fingerprint density at radius 3 is 2.93 bits per heavy atom. The molecule has 1 heterocycles. The van der Waals surface area contributed by atoms with Gasteiger partial charge in [0.2, 0.25) is 0 Å². The molecule has 1 aliphatic rings. The molecule has 0 saturated heterocycles. The number of aliphatic hydroxyl groups is 1. The molecule has 0 saturated carbocycles. The number of hydrogen-bond donors (Lipinski definition) is 1. The van der Waals surface area contributed by atoms with Crippen molar-refractivity contribution in [2.24, 2.45) is 0 Å². The lowest BCUT2D eigenvalue weighted by Gasteiger charge is -2.11. The molecule has 2 rings (SSSR count). The van der Waals surface area contributed by atoms with E-state index in [9.17, 15) is 4.79 Å². The number of aromatic nitrogens is 1. The Kier molecular flexibility index (Phi) is 3.21. The summed E-state index contributed by atoms with van der Waals surface area (Å²) < 4.78 is 1.89. The van der Waals surface area contributed by atoms with Gasteiger partial charge in [-0.1, -0.05) is 6.07 Å². The van der Waals surface area contributed by atoms with Gasteiger partial charge in [0.25, 0.3) is 5.56 Å². The average molecular weight is 207 g/mol. The fraction of sp³-hybridized carbons (Fsp3) is 0.583. The van der Waals surface area contributed by atoms with E-state index in [1.54, 1.807) is 6.07 Å². The second-order valence-corrected chi connectivity index (χ2v) is 4.08. The number of unbranched alkanes of at least 4 members (excludes halogenated alkanes) is 1. The van der Waals surface area contributed by atoms with Gasteiger partial charge in [0.1, 0.15) is 0 Å². The molecule has 0 spiro atoms. The molecule has 82 valence electrons. The largest absolute Gasteiger partial charge is 0.396 e. The lowest BCUT2D eigenvalue weighted by atomic mass is 10.2. The molecule has 1 N–H and O–H groups in total. The number of hydrogen-bond acceptors (Lipinski definition) is 2. The highest BCUT2D eigenvalue weighted by Crippen LogP contribution is 2.19. The van der Waals surface area contributed by atoms with Gasteiger partial charge in [-0.05, 0) is 37.7 Å². The molecule has 0 aliphatic heterocycles. The fourth-order valence-corrected chi connectivity index (χ4v) is 2.26. The number of aliphatic hydroxyl groups excluding tert-OH is 1. The van der Waals surface area contributed by atoms with Crippen LogP contribution in [0.2, 0.25) is 0 Å². The van der Waals surface area contributed by atoms with E-state index in [4.69, 9.17) is 5.11 Å². The third kappa shape index (κ3) is 2.12. The van der Waals surface area contributed by atoms with Crippen molar-refractivity contribution < 1.29 is 5.11 Å². The summed E-state index contributed by atoms with van der Waals surface area (Å²) in [5.74, 6) is 0. The molecule has 0 bridgehead atoms. The van der Waals surface area contributed by atoms with Gasteiger partial charge in [-0.2, -0.15) is 0 Å². The Balaban J connectivity index is 2.21. The van der Waals surface area contributed by atoms with Crippen LogP contribution in [0.4, 0.5) is 0 Å². The first-order valence-electron chi connectivity index (χ1n) is 5.65. The molecule has 0 amide bonds. The third-order valence-corrected chi connectivity index (χ3v) is 3.04. The van der Waals surface area contributed by atoms with Crippen LogP contribution in [0.1, 0.15) is 30.5 Å². The minimum Gasteiger partial charge on any atom is -0.396 e. The maximum absolute atomic E-state index is 11.7. The highest BCUT2D eigenvalue weighted by atomic mass is 16.2. The molecule has 1 aromatic rings. The minimum absolute atomic E-state index is 0.105. The Hall–Kier alpha value is -1.09. The van der Waals surface area contributed by atoms with Crippen LogP contribution in [-0.2, 0) is 19.4 Å². The molecule has 0 unspecified atom stereocenters. The van der Waals surface area contributed by atoms with Crippen molar-refractivity contribution in [2.75, 3.05) is 6.61 Å². The zero-order valence-electron chi connectivity index (χ0n) is 8.91. The Bertz CT molecular complexity index is 395. The molecule has 0 radical (unpaired) electrons. The predicted molar refractivity (Wildman–Crippen MR) is 59.0 cm³/mol. The lowest BCUT2D eigenvalue weighted by molar-refractivity contribution is 0.280. The van der Waals surface area contributed by atoms with Crippen LogP contribution in [0.15, 0.2) is 16.9 Å². The Morgan fingerprint density at radius 2 is 2.13 bits per heavy atom. The molecule has 3 nitrogen and oxygen atoms in total. The molecular weight excluding hydrogens is 190 g/mol. The number of rotatable bonds is 4. The van der Waals surface area contributed by atoms with E-state index >= 15 is 0 Å². The third-order valence-electron chi connectivity index (χ3n) is 3.04. The molecule has 1 aromatic heterocycles. The van der Waals surface area contributed by atoms with E-state index in [2.05, 4.69) is 0 Å². The summed E-state index contributed by atoms with van der Waals surface area (Å²) in [6.07, 6.45) is 4.96. The number of pyridine rings is 1. The van der Waals surface area contributed by atoms with Crippen molar-refractivity contribution in [1.29, 1.82) is 0 Å². The van der Waals surface area contributed by atoms with Gasteiger partial charge in [0.15, 0.2) is 0 Å². The SMILES string of the molecule is O=c1ccc2c(n1CCCCO)CCC2. The normalized spacial score (nSPS) is 14.2. The van der Waals surface area contributed by atoms with Crippen molar-refractivity contribution in [3.8, 4) is 0 Å². The van der Waals surface area contributed by atoms with Crippen molar-refractivity contribution >= 4 is 0 Å². The number of nitrogens with zero attached hydrogens (tertiary/aromatic N) is 1. The highest BCUT2D eigenvalue weighted by Gasteiger charge is 2.14. The van der Waals surface area contributed by atoms with E-state index in [-0.39, 0.29) is 12.2 Å². The van der Waals surface area contributed by atoms with Gasteiger partial charge in [0.05, 0.1) is 0 Å². The van der Waals surface area contributed by atoms with Crippen LogP contribution in [0.3, 0.4) is 0 Å². The summed E-state index contributed by atoms with van der Waals surface area (Å²) in [6.45, 7) is 0.965. The smallest absolute Gasteiger partial charge is 0.250 e. The summed E-state index contributed by atoms with van der Waals surface area (Å²) >= 11 is 0. The van der Waals surface area contributed by atoms with Crippen LogP contribution < -0.4 is 5.56 Å². The molecule has 1 aliphatic carbocycles. The van der Waals surface area contributed by atoms with Gasteiger partial charge in [0, 0.05) is 24.9 Å². The summed E-state index contributed by atoms with van der Waals surface area (Å²) in [5.41, 5.74) is 2.66. The molecule has 3 heteroatoms. The van der Waals surface area contributed by atoms with Crippen molar-refractivity contribution in [1.82, 2.24) is 4.57 Å². The summed E-state index contributed by atoms with van der Waals surface area (Å²) in [6, 6.07) is 3.64. The van der Waals surface area contributed by atoms with E-state index < -0.39 is 0 Å². The van der Waals surface area contributed by atoms with Gasteiger partial charge in [-0.3, -0.25) is 4.79 Å². The van der Waals surface area contributed by atoms with E-state index in [0.29, 0.717) is 0 Å². The van der Waals surface area contributed by atoms with Gasteiger partial charge >= 0.3 is 0 Å². The molecule has 0 aromatic carbocycles.